The Morgan fingerprint density at radius 3 is 2.54 bits per heavy atom. The zero-order valence-corrected chi connectivity index (χ0v) is 18.4. The van der Waals surface area contributed by atoms with Crippen LogP contribution in [0.25, 0.3) is 0 Å². The van der Waals surface area contributed by atoms with Gasteiger partial charge in [-0.25, -0.2) is 4.98 Å². The van der Waals surface area contributed by atoms with E-state index in [0.29, 0.717) is 12.2 Å². The van der Waals surface area contributed by atoms with Gasteiger partial charge in [0.25, 0.3) is 5.91 Å². The molecule has 1 aromatic carbocycles. The van der Waals surface area contributed by atoms with E-state index in [1.165, 1.54) is 4.88 Å². The van der Waals surface area contributed by atoms with Crippen molar-refractivity contribution in [3.05, 3.63) is 67.2 Å². The first-order valence-electron chi connectivity index (χ1n) is 9.03. The van der Waals surface area contributed by atoms with Crippen LogP contribution in [0, 0.1) is 0 Å². The van der Waals surface area contributed by atoms with Crippen molar-refractivity contribution < 1.29 is 9.53 Å². The molecule has 1 aliphatic rings. The molecule has 0 atom stereocenters. The van der Waals surface area contributed by atoms with Crippen molar-refractivity contribution in [3.63, 3.8) is 0 Å². The molecule has 146 valence electrons. The van der Waals surface area contributed by atoms with Crippen LogP contribution in [0.15, 0.2) is 51.1 Å². The molecule has 1 saturated heterocycles. The van der Waals surface area contributed by atoms with E-state index in [-0.39, 0.29) is 5.91 Å². The van der Waals surface area contributed by atoms with Gasteiger partial charge in [0.1, 0.15) is 12.4 Å². The molecule has 0 aliphatic carbocycles. The van der Waals surface area contributed by atoms with Gasteiger partial charge in [0.15, 0.2) is 0 Å². The maximum Gasteiger partial charge on any atom is 0.253 e. The number of ether oxygens (including phenoxy) is 1. The number of nitrogens with zero attached hydrogens (tertiary/aromatic N) is 3. The Morgan fingerprint density at radius 2 is 1.89 bits per heavy atom. The minimum atomic E-state index is 0.0876. The molecule has 0 spiro atoms. The fourth-order valence-corrected chi connectivity index (χ4v) is 5.18. The van der Waals surface area contributed by atoms with Gasteiger partial charge in [0, 0.05) is 48.5 Å². The Bertz CT molecular complexity index is 904. The molecule has 0 unspecified atom stereocenters. The molecule has 4 rings (SSSR count). The van der Waals surface area contributed by atoms with E-state index in [4.69, 9.17) is 4.74 Å². The second-order valence-corrected chi connectivity index (χ2v) is 9.83. The number of piperazine rings is 1. The van der Waals surface area contributed by atoms with Crippen molar-refractivity contribution in [1.82, 2.24) is 14.8 Å². The third-order valence-corrected chi connectivity index (χ3v) is 6.88. The lowest BCUT2D eigenvalue weighted by Gasteiger charge is -2.34. The van der Waals surface area contributed by atoms with Crippen molar-refractivity contribution >= 4 is 44.5 Å². The summed E-state index contributed by atoms with van der Waals surface area (Å²) in [6.45, 7) is 4.70. The molecule has 0 bridgehead atoms. The monoisotopic (exact) mass is 477 g/mol. The van der Waals surface area contributed by atoms with Crippen LogP contribution in [0.3, 0.4) is 0 Å². The number of thiazole rings is 1. The van der Waals surface area contributed by atoms with Crippen LogP contribution in [0.5, 0.6) is 5.75 Å². The zero-order valence-electron chi connectivity index (χ0n) is 15.2. The maximum absolute atomic E-state index is 12.8. The molecule has 1 aliphatic heterocycles. The van der Waals surface area contributed by atoms with Gasteiger partial charge in [0.05, 0.1) is 15.0 Å². The molecule has 8 heteroatoms. The van der Waals surface area contributed by atoms with E-state index in [1.807, 2.05) is 34.5 Å². The summed E-state index contributed by atoms with van der Waals surface area (Å²) in [5.74, 6) is 0.834. The minimum absolute atomic E-state index is 0.0876. The van der Waals surface area contributed by atoms with Gasteiger partial charge in [-0.15, -0.1) is 22.7 Å². The first-order chi connectivity index (χ1) is 13.7. The fraction of sp³-hybridized carbons (Fsp3) is 0.300. The highest BCUT2D eigenvalue weighted by Gasteiger charge is 2.22. The number of aromatic nitrogens is 1. The van der Waals surface area contributed by atoms with E-state index in [9.17, 15) is 4.79 Å². The third-order valence-electron chi connectivity index (χ3n) is 4.64. The van der Waals surface area contributed by atoms with Crippen LogP contribution in [-0.4, -0.2) is 46.9 Å². The third kappa shape index (κ3) is 5.00. The van der Waals surface area contributed by atoms with Crippen LogP contribution in [0.1, 0.15) is 20.9 Å². The molecule has 28 heavy (non-hydrogen) atoms. The number of carbonyl (C=O) groups is 1. The molecule has 3 heterocycles. The lowest BCUT2D eigenvalue weighted by molar-refractivity contribution is 0.0629. The van der Waals surface area contributed by atoms with Gasteiger partial charge in [0.2, 0.25) is 0 Å². The van der Waals surface area contributed by atoms with Gasteiger partial charge in [-0.2, -0.15) is 0 Å². The molecule has 1 fully saturated rings. The van der Waals surface area contributed by atoms with Crippen LogP contribution in [0.4, 0.5) is 0 Å². The highest BCUT2D eigenvalue weighted by Crippen LogP contribution is 2.24. The maximum atomic E-state index is 12.8. The average Bonchev–Trinajstić information content (AvgIpc) is 3.39. The molecule has 0 N–H and O–H groups in total. The molecular formula is C20H20BrN3O2S2. The Hall–Kier alpha value is -1.74. The van der Waals surface area contributed by atoms with Crippen molar-refractivity contribution in [3.8, 4) is 5.75 Å². The number of hydrogen-bond donors (Lipinski definition) is 0. The second kappa shape index (κ2) is 9.17. The molecular weight excluding hydrogens is 458 g/mol. The van der Waals surface area contributed by atoms with Crippen molar-refractivity contribution in [2.45, 2.75) is 13.2 Å². The van der Waals surface area contributed by atoms with E-state index in [1.54, 1.807) is 28.2 Å². The van der Waals surface area contributed by atoms with Gasteiger partial charge < -0.3 is 9.64 Å². The Balaban J connectivity index is 1.27. The van der Waals surface area contributed by atoms with E-state index in [2.05, 4.69) is 37.9 Å². The Kier molecular flexibility index (Phi) is 6.41. The average molecular weight is 478 g/mol. The van der Waals surface area contributed by atoms with Gasteiger partial charge >= 0.3 is 0 Å². The number of hydrogen-bond acceptors (Lipinski definition) is 6. The lowest BCUT2D eigenvalue weighted by atomic mass is 10.1. The Morgan fingerprint density at radius 1 is 1.11 bits per heavy atom. The summed E-state index contributed by atoms with van der Waals surface area (Å²) < 4.78 is 6.88. The van der Waals surface area contributed by atoms with Crippen LogP contribution in [-0.2, 0) is 13.2 Å². The summed E-state index contributed by atoms with van der Waals surface area (Å²) in [6.07, 6.45) is 0. The number of rotatable bonds is 6. The van der Waals surface area contributed by atoms with Gasteiger partial charge in [-0.1, -0.05) is 0 Å². The summed E-state index contributed by atoms with van der Waals surface area (Å²) in [6, 6.07) is 11.6. The predicted molar refractivity (Wildman–Crippen MR) is 116 cm³/mol. The number of amides is 1. The van der Waals surface area contributed by atoms with Crippen LogP contribution >= 0.6 is 38.6 Å². The quantitative estimate of drug-likeness (QED) is 0.523. The van der Waals surface area contributed by atoms with E-state index < -0.39 is 0 Å². The van der Waals surface area contributed by atoms with Crippen LogP contribution < -0.4 is 4.74 Å². The largest absolute Gasteiger partial charge is 0.487 e. The minimum Gasteiger partial charge on any atom is -0.487 e. The zero-order chi connectivity index (χ0) is 19.3. The lowest BCUT2D eigenvalue weighted by Crippen LogP contribution is -2.48. The summed E-state index contributed by atoms with van der Waals surface area (Å²) in [7, 11) is 0. The normalized spacial score (nSPS) is 15.0. The number of halogens is 1. The molecule has 1 amide bonds. The van der Waals surface area contributed by atoms with Crippen molar-refractivity contribution in [1.29, 1.82) is 0 Å². The molecule has 0 radical (unpaired) electrons. The SMILES string of the molecule is O=C(c1ccc(OCc2cscn2)cc1)N1CCN(Cc2ccc(Br)s2)CC1. The summed E-state index contributed by atoms with van der Waals surface area (Å²) >= 11 is 6.83. The Labute approximate surface area is 180 Å². The summed E-state index contributed by atoms with van der Waals surface area (Å²) in [4.78, 5) is 22.7. The standard InChI is InChI=1S/C20H20BrN3O2S2/c21-19-6-5-18(28-19)11-23-7-9-24(10-8-23)20(25)15-1-3-17(4-2-15)26-12-16-13-27-14-22-16/h1-6,13-14H,7-12H2. The number of thiophene rings is 1. The smallest absolute Gasteiger partial charge is 0.253 e. The van der Waals surface area contributed by atoms with Gasteiger partial charge in [-0.05, 0) is 52.3 Å². The number of carbonyl (C=O) groups excluding carboxylic acids is 1. The van der Waals surface area contributed by atoms with Gasteiger partial charge in [-0.3, -0.25) is 9.69 Å². The topological polar surface area (TPSA) is 45.7 Å². The molecule has 0 saturated carbocycles. The summed E-state index contributed by atoms with van der Waals surface area (Å²) in [5, 5.41) is 1.97. The highest BCUT2D eigenvalue weighted by molar-refractivity contribution is 9.11. The summed E-state index contributed by atoms with van der Waals surface area (Å²) in [5.41, 5.74) is 3.41. The van der Waals surface area contributed by atoms with Crippen LogP contribution in [0.2, 0.25) is 0 Å². The number of benzene rings is 1. The second-order valence-electron chi connectivity index (χ2n) is 6.57. The van der Waals surface area contributed by atoms with E-state index in [0.717, 1.165) is 48.0 Å². The first-order valence-corrected chi connectivity index (χ1v) is 11.6. The molecule has 3 aromatic rings. The first kappa shape index (κ1) is 19.6. The fourth-order valence-electron chi connectivity index (χ4n) is 3.11. The van der Waals surface area contributed by atoms with Crippen molar-refractivity contribution in [2.24, 2.45) is 0 Å². The van der Waals surface area contributed by atoms with Crippen molar-refractivity contribution in [2.75, 3.05) is 26.2 Å². The van der Waals surface area contributed by atoms with E-state index >= 15 is 0 Å². The highest BCUT2D eigenvalue weighted by atomic mass is 79.9. The molecule has 2 aromatic heterocycles. The molecule has 5 nitrogen and oxygen atoms in total. The predicted octanol–water partition coefficient (Wildman–Crippen LogP) is 4.50.